The Balaban J connectivity index is 2.43. The van der Waals surface area contributed by atoms with E-state index >= 15 is 0 Å². The summed E-state index contributed by atoms with van der Waals surface area (Å²) in [7, 11) is 1.54. The van der Waals surface area contributed by atoms with E-state index in [-0.39, 0.29) is 0 Å². The molecule has 2 aromatic rings. The molecule has 0 fully saturated rings. The zero-order valence-electron chi connectivity index (χ0n) is 7.71. The van der Waals surface area contributed by atoms with Crippen LogP contribution in [0.1, 0.15) is 0 Å². The SMILES string of the molecule is COc1ncc(-n2ccnc2)cc1N. The predicted octanol–water partition coefficient (Wildman–Crippen LogP) is 0.858. The van der Waals surface area contributed by atoms with Crippen molar-refractivity contribution >= 4 is 5.69 Å². The minimum absolute atomic E-state index is 0.439. The summed E-state index contributed by atoms with van der Waals surface area (Å²) in [4.78, 5) is 7.99. The van der Waals surface area contributed by atoms with Crippen molar-refractivity contribution in [2.45, 2.75) is 0 Å². The Morgan fingerprint density at radius 2 is 2.36 bits per heavy atom. The Hall–Kier alpha value is -2.04. The summed E-state index contributed by atoms with van der Waals surface area (Å²) < 4.78 is 6.78. The molecular formula is C9H10N4O. The van der Waals surface area contributed by atoms with Crippen LogP contribution in [0.5, 0.6) is 5.88 Å². The molecule has 0 saturated carbocycles. The number of imidazole rings is 1. The predicted molar refractivity (Wildman–Crippen MR) is 52.3 cm³/mol. The van der Waals surface area contributed by atoms with Gasteiger partial charge in [-0.15, -0.1) is 0 Å². The number of ether oxygens (including phenoxy) is 1. The summed E-state index contributed by atoms with van der Waals surface area (Å²) in [5.41, 5.74) is 7.09. The summed E-state index contributed by atoms with van der Waals surface area (Å²) in [5.74, 6) is 0.439. The molecule has 0 aliphatic carbocycles. The maximum atomic E-state index is 5.72. The number of hydrogen-bond acceptors (Lipinski definition) is 4. The second-order valence-corrected chi connectivity index (χ2v) is 2.76. The van der Waals surface area contributed by atoms with Crippen LogP contribution < -0.4 is 10.5 Å². The molecule has 14 heavy (non-hydrogen) atoms. The summed E-state index contributed by atoms with van der Waals surface area (Å²) >= 11 is 0. The van der Waals surface area contributed by atoms with Crippen molar-refractivity contribution in [3.05, 3.63) is 31.0 Å². The van der Waals surface area contributed by atoms with Gasteiger partial charge in [0.15, 0.2) is 0 Å². The van der Waals surface area contributed by atoms with Gasteiger partial charge >= 0.3 is 0 Å². The van der Waals surface area contributed by atoms with E-state index in [9.17, 15) is 0 Å². The van der Waals surface area contributed by atoms with Gasteiger partial charge in [-0.3, -0.25) is 0 Å². The minimum Gasteiger partial charge on any atom is -0.480 e. The van der Waals surface area contributed by atoms with Gasteiger partial charge in [0.05, 0.1) is 31.0 Å². The van der Waals surface area contributed by atoms with Gasteiger partial charge in [0.25, 0.3) is 0 Å². The molecule has 2 N–H and O–H groups in total. The Kier molecular flexibility index (Phi) is 2.06. The van der Waals surface area contributed by atoms with E-state index < -0.39 is 0 Å². The molecule has 0 saturated heterocycles. The van der Waals surface area contributed by atoms with E-state index in [1.54, 1.807) is 24.8 Å². The van der Waals surface area contributed by atoms with E-state index in [1.807, 2.05) is 10.8 Å². The fraction of sp³-hybridized carbons (Fsp3) is 0.111. The van der Waals surface area contributed by atoms with Gasteiger partial charge in [-0.2, -0.15) is 0 Å². The van der Waals surface area contributed by atoms with Crippen LogP contribution in [0.3, 0.4) is 0 Å². The maximum Gasteiger partial charge on any atom is 0.237 e. The quantitative estimate of drug-likeness (QED) is 0.762. The van der Waals surface area contributed by atoms with Crippen LogP contribution in [0.4, 0.5) is 5.69 Å². The van der Waals surface area contributed by atoms with E-state index in [1.165, 1.54) is 7.11 Å². The lowest BCUT2D eigenvalue weighted by Crippen LogP contribution is -1.98. The van der Waals surface area contributed by atoms with Crippen LogP contribution >= 0.6 is 0 Å². The molecule has 5 heteroatoms. The number of nitrogens with zero attached hydrogens (tertiary/aromatic N) is 3. The monoisotopic (exact) mass is 190 g/mol. The van der Waals surface area contributed by atoms with Crippen molar-refractivity contribution in [3.8, 4) is 11.6 Å². The molecule has 2 heterocycles. The minimum atomic E-state index is 0.439. The molecule has 0 atom stereocenters. The first-order valence-corrected chi connectivity index (χ1v) is 4.09. The molecule has 0 aliphatic heterocycles. The Bertz CT molecular complexity index is 424. The number of hydrogen-bond donors (Lipinski definition) is 1. The number of pyridine rings is 1. The highest BCUT2D eigenvalue weighted by molar-refractivity contribution is 5.53. The lowest BCUT2D eigenvalue weighted by atomic mass is 10.3. The first-order chi connectivity index (χ1) is 6.81. The summed E-state index contributed by atoms with van der Waals surface area (Å²) in [5, 5.41) is 0. The van der Waals surface area contributed by atoms with Gasteiger partial charge < -0.3 is 15.0 Å². The van der Waals surface area contributed by atoms with Gasteiger partial charge in [-0.25, -0.2) is 9.97 Å². The zero-order chi connectivity index (χ0) is 9.97. The number of nitrogen functional groups attached to an aromatic ring is 1. The number of anilines is 1. The van der Waals surface area contributed by atoms with Crippen molar-refractivity contribution < 1.29 is 4.74 Å². The summed E-state index contributed by atoms with van der Waals surface area (Å²) in [6.07, 6.45) is 6.88. The normalized spacial score (nSPS) is 10.1. The summed E-state index contributed by atoms with van der Waals surface area (Å²) in [6.45, 7) is 0. The molecule has 2 rings (SSSR count). The standard InChI is InChI=1S/C9H10N4O/c1-14-9-8(10)4-7(5-12-9)13-3-2-11-6-13/h2-6H,10H2,1H3. The lowest BCUT2D eigenvalue weighted by Gasteiger charge is -2.05. The molecule has 0 bridgehead atoms. The second-order valence-electron chi connectivity index (χ2n) is 2.76. The molecule has 0 unspecified atom stereocenters. The van der Waals surface area contributed by atoms with Crippen LogP contribution in [0.25, 0.3) is 5.69 Å². The Labute approximate surface area is 81.2 Å². The molecule has 2 aromatic heterocycles. The average molecular weight is 190 g/mol. The van der Waals surface area contributed by atoms with E-state index in [4.69, 9.17) is 10.5 Å². The van der Waals surface area contributed by atoms with Crippen LogP contribution in [-0.2, 0) is 0 Å². The highest BCUT2D eigenvalue weighted by Crippen LogP contribution is 2.19. The van der Waals surface area contributed by atoms with Crippen LogP contribution in [0.15, 0.2) is 31.0 Å². The topological polar surface area (TPSA) is 66.0 Å². The number of rotatable bonds is 2. The third-order valence-corrected chi connectivity index (χ3v) is 1.86. The number of nitrogens with two attached hydrogens (primary N) is 1. The molecule has 5 nitrogen and oxygen atoms in total. The molecule has 0 spiro atoms. The third-order valence-electron chi connectivity index (χ3n) is 1.86. The van der Waals surface area contributed by atoms with Crippen molar-refractivity contribution in [1.29, 1.82) is 0 Å². The summed E-state index contributed by atoms with van der Waals surface area (Å²) in [6, 6.07) is 1.79. The molecular weight excluding hydrogens is 180 g/mol. The average Bonchev–Trinajstić information content (AvgIpc) is 2.70. The maximum absolute atomic E-state index is 5.72. The molecule has 0 aromatic carbocycles. The van der Waals surface area contributed by atoms with Gasteiger partial charge in [0.2, 0.25) is 5.88 Å². The van der Waals surface area contributed by atoms with Crippen molar-refractivity contribution in [2.75, 3.05) is 12.8 Å². The van der Waals surface area contributed by atoms with Gasteiger partial charge in [0, 0.05) is 12.4 Å². The van der Waals surface area contributed by atoms with Crippen LogP contribution in [0.2, 0.25) is 0 Å². The lowest BCUT2D eigenvalue weighted by molar-refractivity contribution is 0.400. The van der Waals surface area contributed by atoms with Crippen LogP contribution in [-0.4, -0.2) is 21.6 Å². The smallest absolute Gasteiger partial charge is 0.237 e. The zero-order valence-corrected chi connectivity index (χ0v) is 7.71. The number of aromatic nitrogens is 3. The Morgan fingerprint density at radius 1 is 1.50 bits per heavy atom. The van der Waals surface area contributed by atoms with E-state index in [0.29, 0.717) is 11.6 Å². The highest BCUT2D eigenvalue weighted by atomic mass is 16.5. The number of methoxy groups -OCH3 is 1. The first-order valence-electron chi connectivity index (χ1n) is 4.09. The molecule has 0 radical (unpaired) electrons. The van der Waals surface area contributed by atoms with E-state index in [2.05, 4.69) is 9.97 Å². The Morgan fingerprint density at radius 3 is 2.93 bits per heavy atom. The molecule has 0 aliphatic rings. The van der Waals surface area contributed by atoms with Gasteiger partial charge in [-0.05, 0) is 6.07 Å². The van der Waals surface area contributed by atoms with Crippen molar-refractivity contribution in [2.24, 2.45) is 0 Å². The molecule has 72 valence electrons. The van der Waals surface area contributed by atoms with E-state index in [0.717, 1.165) is 5.69 Å². The molecule has 0 amide bonds. The van der Waals surface area contributed by atoms with Crippen LogP contribution in [0, 0.1) is 0 Å². The third kappa shape index (κ3) is 1.39. The second kappa shape index (κ2) is 3.37. The van der Waals surface area contributed by atoms with Crippen molar-refractivity contribution in [3.63, 3.8) is 0 Å². The highest BCUT2D eigenvalue weighted by Gasteiger charge is 2.02. The van der Waals surface area contributed by atoms with Gasteiger partial charge in [0.1, 0.15) is 0 Å². The fourth-order valence-electron chi connectivity index (χ4n) is 1.18. The van der Waals surface area contributed by atoms with Gasteiger partial charge in [-0.1, -0.05) is 0 Å². The van der Waals surface area contributed by atoms with Crippen molar-refractivity contribution in [1.82, 2.24) is 14.5 Å². The first kappa shape index (κ1) is 8.55. The largest absolute Gasteiger partial charge is 0.480 e. The fourth-order valence-corrected chi connectivity index (χ4v) is 1.18.